The average molecular weight is 260 g/mol. The highest BCUT2D eigenvalue weighted by Gasteiger charge is 2.27. The lowest BCUT2D eigenvalue weighted by Crippen LogP contribution is -2.31. The van der Waals surface area contributed by atoms with Crippen LogP contribution in [0, 0.1) is 0 Å². The average Bonchev–Trinajstić information content (AvgIpc) is 3.30. The van der Waals surface area contributed by atoms with Gasteiger partial charge in [0.15, 0.2) is 0 Å². The van der Waals surface area contributed by atoms with E-state index in [9.17, 15) is 0 Å². The molecule has 0 aromatic carbocycles. The van der Waals surface area contributed by atoms with Crippen molar-refractivity contribution in [3.05, 3.63) is 11.8 Å². The molecule has 1 saturated heterocycles. The predicted octanol–water partition coefficient (Wildman–Crippen LogP) is 3.17. The molecule has 0 unspecified atom stereocenters. The van der Waals surface area contributed by atoms with Crippen molar-refractivity contribution in [1.29, 1.82) is 0 Å². The summed E-state index contributed by atoms with van der Waals surface area (Å²) in [5.41, 5.74) is 1.24. The molecule has 0 spiro atoms. The molecule has 1 saturated carbocycles. The summed E-state index contributed by atoms with van der Waals surface area (Å²) in [4.78, 5) is 11.9. The third-order valence-electron chi connectivity index (χ3n) is 3.92. The van der Waals surface area contributed by atoms with Crippen LogP contribution in [0.1, 0.15) is 57.1 Å². The molecule has 0 bridgehead atoms. The number of rotatable bonds is 5. The Labute approximate surface area is 115 Å². The Morgan fingerprint density at radius 2 is 2.00 bits per heavy atom. The van der Waals surface area contributed by atoms with E-state index in [0.29, 0.717) is 5.92 Å². The third kappa shape index (κ3) is 3.17. The first-order valence-electron chi connectivity index (χ1n) is 7.74. The number of hydrogen-bond acceptors (Lipinski definition) is 4. The monoisotopic (exact) mass is 260 g/mol. The van der Waals surface area contributed by atoms with Gasteiger partial charge in [0.2, 0.25) is 5.95 Å². The van der Waals surface area contributed by atoms with E-state index >= 15 is 0 Å². The minimum Gasteiger partial charge on any atom is -0.370 e. The molecule has 2 fully saturated rings. The van der Waals surface area contributed by atoms with Crippen LogP contribution in [-0.4, -0.2) is 29.6 Å². The van der Waals surface area contributed by atoms with Gasteiger partial charge in [0, 0.05) is 31.6 Å². The maximum Gasteiger partial charge on any atom is 0.227 e. The normalized spacial score (nSPS) is 19.5. The van der Waals surface area contributed by atoms with E-state index < -0.39 is 0 Å². The van der Waals surface area contributed by atoms with Crippen LogP contribution in [0.2, 0.25) is 0 Å². The lowest BCUT2D eigenvalue weighted by molar-refractivity contribution is 0.567. The van der Waals surface area contributed by atoms with Gasteiger partial charge >= 0.3 is 0 Å². The van der Waals surface area contributed by atoms with Crippen LogP contribution >= 0.6 is 0 Å². The molecule has 1 aromatic rings. The third-order valence-corrected chi connectivity index (χ3v) is 3.92. The minimum atomic E-state index is 0.689. The predicted molar refractivity (Wildman–Crippen MR) is 78.9 cm³/mol. The van der Waals surface area contributed by atoms with E-state index in [-0.39, 0.29) is 0 Å². The molecule has 4 heteroatoms. The van der Waals surface area contributed by atoms with Gasteiger partial charge in [-0.25, -0.2) is 4.98 Å². The van der Waals surface area contributed by atoms with Crippen molar-refractivity contribution in [3.63, 3.8) is 0 Å². The maximum atomic E-state index is 4.80. The highest BCUT2D eigenvalue weighted by Crippen LogP contribution is 2.40. The van der Waals surface area contributed by atoms with Gasteiger partial charge < -0.3 is 10.2 Å². The molecule has 2 aliphatic rings. The number of aromatic nitrogens is 2. The van der Waals surface area contributed by atoms with Gasteiger partial charge in [-0.15, -0.1) is 0 Å². The summed E-state index contributed by atoms with van der Waals surface area (Å²) in [6.45, 7) is 5.39. The summed E-state index contributed by atoms with van der Waals surface area (Å²) >= 11 is 0. The lowest BCUT2D eigenvalue weighted by Gasteiger charge is -2.27. The van der Waals surface area contributed by atoms with E-state index in [4.69, 9.17) is 9.97 Å². The van der Waals surface area contributed by atoms with Gasteiger partial charge in [-0.05, 0) is 38.5 Å². The number of piperidine rings is 1. The molecular formula is C15H24N4. The molecule has 1 aliphatic carbocycles. The fourth-order valence-corrected chi connectivity index (χ4v) is 2.62. The minimum absolute atomic E-state index is 0.689. The fourth-order valence-electron chi connectivity index (χ4n) is 2.62. The van der Waals surface area contributed by atoms with Crippen LogP contribution < -0.4 is 10.2 Å². The van der Waals surface area contributed by atoms with Gasteiger partial charge in [0.1, 0.15) is 5.82 Å². The number of nitrogens with zero attached hydrogens (tertiary/aromatic N) is 3. The molecule has 1 aliphatic heterocycles. The van der Waals surface area contributed by atoms with Crippen molar-refractivity contribution in [2.24, 2.45) is 0 Å². The Hall–Kier alpha value is -1.32. The zero-order valence-corrected chi connectivity index (χ0v) is 11.9. The van der Waals surface area contributed by atoms with Crippen LogP contribution in [0.3, 0.4) is 0 Å². The van der Waals surface area contributed by atoms with E-state index in [1.807, 2.05) is 0 Å². The number of anilines is 2. The molecule has 3 rings (SSSR count). The van der Waals surface area contributed by atoms with Gasteiger partial charge in [0.25, 0.3) is 0 Å². The van der Waals surface area contributed by atoms with Crippen molar-refractivity contribution in [2.75, 3.05) is 29.9 Å². The van der Waals surface area contributed by atoms with Crippen molar-refractivity contribution >= 4 is 11.8 Å². The Bertz CT molecular complexity index is 422. The van der Waals surface area contributed by atoms with Crippen molar-refractivity contribution in [2.45, 2.75) is 51.4 Å². The molecule has 2 heterocycles. The van der Waals surface area contributed by atoms with E-state index in [0.717, 1.165) is 37.8 Å². The zero-order valence-electron chi connectivity index (χ0n) is 11.9. The lowest BCUT2D eigenvalue weighted by atomic mass is 10.1. The quantitative estimate of drug-likeness (QED) is 0.883. The van der Waals surface area contributed by atoms with E-state index in [1.165, 1.54) is 37.8 Å². The highest BCUT2D eigenvalue weighted by molar-refractivity contribution is 5.45. The topological polar surface area (TPSA) is 41.1 Å². The fraction of sp³-hybridized carbons (Fsp3) is 0.733. The first-order chi connectivity index (χ1) is 9.36. The Balaban J connectivity index is 1.81. The Morgan fingerprint density at radius 3 is 2.68 bits per heavy atom. The van der Waals surface area contributed by atoms with Crippen molar-refractivity contribution in [3.8, 4) is 0 Å². The van der Waals surface area contributed by atoms with Crippen LogP contribution in [0.25, 0.3) is 0 Å². The van der Waals surface area contributed by atoms with Crippen molar-refractivity contribution < 1.29 is 0 Å². The van der Waals surface area contributed by atoms with E-state index in [1.54, 1.807) is 0 Å². The maximum absolute atomic E-state index is 4.80. The van der Waals surface area contributed by atoms with Crippen LogP contribution in [0.5, 0.6) is 0 Å². The summed E-state index contributed by atoms with van der Waals surface area (Å²) in [5.74, 6) is 2.65. The van der Waals surface area contributed by atoms with Gasteiger partial charge in [-0.3, -0.25) is 0 Å². The van der Waals surface area contributed by atoms with Crippen LogP contribution in [-0.2, 0) is 0 Å². The second kappa shape index (κ2) is 5.76. The number of nitrogens with one attached hydrogen (secondary N) is 1. The van der Waals surface area contributed by atoms with Crippen LogP contribution in [0.4, 0.5) is 11.8 Å². The Kier molecular flexibility index (Phi) is 3.85. The van der Waals surface area contributed by atoms with Gasteiger partial charge in [-0.1, -0.05) is 6.92 Å². The smallest absolute Gasteiger partial charge is 0.227 e. The highest BCUT2D eigenvalue weighted by atomic mass is 15.3. The first-order valence-corrected chi connectivity index (χ1v) is 7.74. The second-order valence-corrected chi connectivity index (χ2v) is 5.73. The molecular weight excluding hydrogens is 236 g/mol. The molecule has 0 atom stereocenters. The second-order valence-electron chi connectivity index (χ2n) is 5.73. The van der Waals surface area contributed by atoms with E-state index in [2.05, 4.69) is 23.2 Å². The summed E-state index contributed by atoms with van der Waals surface area (Å²) in [6.07, 6.45) is 7.61. The molecule has 0 amide bonds. The SMILES string of the molecule is CCCNc1cc(C2CC2)nc(N2CCCCC2)n1. The number of hydrogen-bond donors (Lipinski definition) is 1. The Morgan fingerprint density at radius 1 is 1.21 bits per heavy atom. The van der Waals surface area contributed by atoms with Crippen molar-refractivity contribution in [1.82, 2.24) is 9.97 Å². The summed E-state index contributed by atoms with van der Waals surface area (Å²) in [6, 6.07) is 2.15. The summed E-state index contributed by atoms with van der Waals surface area (Å²) in [5, 5.41) is 3.42. The summed E-state index contributed by atoms with van der Waals surface area (Å²) < 4.78 is 0. The van der Waals surface area contributed by atoms with Crippen LogP contribution in [0.15, 0.2) is 6.07 Å². The largest absolute Gasteiger partial charge is 0.370 e. The zero-order chi connectivity index (χ0) is 13.1. The molecule has 104 valence electrons. The van der Waals surface area contributed by atoms with Gasteiger partial charge in [0.05, 0.1) is 5.69 Å². The molecule has 19 heavy (non-hydrogen) atoms. The molecule has 1 aromatic heterocycles. The standard InChI is InChI=1S/C15H24N4/c1-2-8-16-14-11-13(12-6-7-12)17-15(18-14)19-9-4-3-5-10-19/h11-12H,2-10H2,1H3,(H,16,17,18). The molecule has 0 radical (unpaired) electrons. The summed E-state index contributed by atoms with van der Waals surface area (Å²) in [7, 11) is 0. The molecule has 1 N–H and O–H groups in total. The first kappa shape index (κ1) is 12.7. The van der Waals surface area contributed by atoms with Gasteiger partial charge in [-0.2, -0.15) is 4.98 Å². The molecule has 4 nitrogen and oxygen atoms in total.